The lowest BCUT2D eigenvalue weighted by Crippen LogP contribution is -2.48. The maximum Gasteiger partial charge on any atom is 0.407 e. The fourth-order valence-corrected chi connectivity index (χ4v) is 4.14. The summed E-state index contributed by atoms with van der Waals surface area (Å²) in [6.07, 6.45) is 4.20. The molecular formula is C21H29ClN2O4. The third-order valence-corrected chi connectivity index (χ3v) is 5.47. The van der Waals surface area contributed by atoms with E-state index in [1.807, 2.05) is 53.0 Å². The molecule has 3 rings (SSSR count). The van der Waals surface area contributed by atoms with Crippen LogP contribution >= 0.6 is 11.6 Å². The number of hydrogen-bond donors (Lipinski definition) is 1. The van der Waals surface area contributed by atoms with Crippen LogP contribution in [0.5, 0.6) is 0 Å². The number of pyridine rings is 1. The molecule has 28 heavy (non-hydrogen) atoms. The highest BCUT2D eigenvalue weighted by Crippen LogP contribution is 2.36. The van der Waals surface area contributed by atoms with Crippen LogP contribution in [0.25, 0.3) is 5.57 Å². The van der Waals surface area contributed by atoms with E-state index in [0.29, 0.717) is 31.0 Å². The first kappa shape index (κ1) is 21.1. The smallest absolute Gasteiger partial charge is 0.407 e. The van der Waals surface area contributed by atoms with Gasteiger partial charge < -0.3 is 19.5 Å². The van der Waals surface area contributed by atoms with Crippen LogP contribution in [0.15, 0.2) is 18.3 Å². The molecule has 2 aliphatic rings. The van der Waals surface area contributed by atoms with Gasteiger partial charge in [-0.1, -0.05) is 38.4 Å². The van der Waals surface area contributed by atoms with Gasteiger partial charge in [-0.2, -0.15) is 0 Å². The van der Waals surface area contributed by atoms with E-state index in [1.54, 1.807) is 0 Å². The Kier molecular flexibility index (Phi) is 5.76. The van der Waals surface area contributed by atoms with Gasteiger partial charge in [0, 0.05) is 19.2 Å². The minimum Gasteiger partial charge on any atom is -0.465 e. The van der Waals surface area contributed by atoms with Crippen molar-refractivity contribution in [2.45, 2.75) is 65.4 Å². The summed E-state index contributed by atoms with van der Waals surface area (Å²) in [6, 6.07) is 1.70. The highest BCUT2D eigenvalue weighted by atomic mass is 35.5. The molecule has 1 aromatic heterocycles. The van der Waals surface area contributed by atoms with Crippen LogP contribution in [0, 0.1) is 5.41 Å². The molecule has 2 atom stereocenters. The largest absolute Gasteiger partial charge is 0.465 e. The summed E-state index contributed by atoms with van der Waals surface area (Å²) >= 11 is 6.56. The summed E-state index contributed by atoms with van der Waals surface area (Å²) in [6.45, 7) is 10.9. The van der Waals surface area contributed by atoms with Gasteiger partial charge in [-0.15, -0.1) is 0 Å². The lowest BCUT2D eigenvalue weighted by molar-refractivity contribution is -0.138. The van der Waals surface area contributed by atoms with E-state index in [9.17, 15) is 9.90 Å². The first-order chi connectivity index (χ1) is 13.0. The molecule has 0 radical (unpaired) electrons. The van der Waals surface area contributed by atoms with Crippen molar-refractivity contribution in [3.8, 4) is 0 Å². The number of carboxylic acid groups (broad SMARTS) is 1. The minimum absolute atomic E-state index is 0.0120. The zero-order valence-corrected chi connectivity index (χ0v) is 17.9. The second kappa shape index (κ2) is 7.65. The van der Waals surface area contributed by atoms with Crippen molar-refractivity contribution in [3.63, 3.8) is 0 Å². The van der Waals surface area contributed by atoms with Crippen molar-refractivity contribution in [2.75, 3.05) is 13.2 Å². The van der Waals surface area contributed by atoms with E-state index in [4.69, 9.17) is 21.1 Å². The Morgan fingerprint density at radius 3 is 2.68 bits per heavy atom. The average molecular weight is 409 g/mol. The normalized spacial score (nSPS) is 24.9. The van der Waals surface area contributed by atoms with Gasteiger partial charge in [0.05, 0.1) is 29.5 Å². The van der Waals surface area contributed by atoms with E-state index in [2.05, 4.69) is 4.98 Å². The fourth-order valence-electron chi connectivity index (χ4n) is 3.83. The van der Waals surface area contributed by atoms with Crippen molar-refractivity contribution in [1.29, 1.82) is 0 Å². The number of aromatic nitrogens is 1. The Bertz CT molecular complexity index is 785. The third-order valence-electron chi connectivity index (χ3n) is 5.18. The molecule has 3 heterocycles. The molecule has 2 aliphatic heterocycles. The zero-order valence-electron chi connectivity index (χ0n) is 17.2. The first-order valence-electron chi connectivity index (χ1n) is 9.63. The maximum absolute atomic E-state index is 11.6. The van der Waals surface area contributed by atoms with E-state index >= 15 is 0 Å². The second-order valence-electron chi connectivity index (χ2n) is 9.06. The van der Waals surface area contributed by atoms with Crippen LogP contribution in [0.3, 0.4) is 0 Å². The predicted molar refractivity (Wildman–Crippen MR) is 108 cm³/mol. The quantitative estimate of drug-likeness (QED) is 0.790. The molecular weight excluding hydrogens is 380 g/mol. The summed E-state index contributed by atoms with van der Waals surface area (Å²) in [5.41, 5.74) is 2.50. The molecule has 0 saturated carbocycles. The molecule has 0 aromatic carbocycles. The highest BCUT2D eigenvalue weighted by Gasteiger charge is 2.36. The zero-order chi connectivity index (χ0) is 20.7. The average Bonchev–Trinajstić information content (AvgIpc) is 2.92. The van der Waals surface area contributed by atoms with Gasteiger partial charge in [-0.25, -0.2) is 4.79 Å². The topological polar surface area (TPSA) is 71.9 Å². The molecule has 1 fully saturated rings. The molecule has 0 aliphatic carbocycles. The van der Waals surface area contributed by atoms with Crippen LogP contribution in [-0.4, -0.2) is 52.2 Å². The summed E-state index contributed by atoms with van der Waals surface area (Å²) in [5, 5.41) is 10.1. The molecule has 6 nitrogen and oxygen atoms in total. The Morgan fingerprint density at radius 2 is 2.14 bits per heavy atom. The van der Waals surface area contributed by atoms with Crippen molar-refractivity contribution in [1.82, 2.24) is 9.88 Å². The molecule has 1 saturated heterocycles. The van der Waals surface area contributed by atoms with Crippen molar-refractivity contribution < 1.29 is 19.4 Å². The summed E-state index contributed by atoms with van der Waals surface area (Å²) in [7, 11) is 0. The van der Waals surface area contributed by atoms with Gasteiger partial charge in [-0.3, -0.25) is 4.98 Å². The summed E-state index contributed by atoms with van der Waals surface area (Å²) < 4.78 is 11.5. The molecule has 1 N–H and O–H groups in total. The van der Waals surface area contributed by atoms with E-state index in [0.717, 1.165) is 16.8 Å². The Balaban J connectivity index is 1.81. The number of carbonyl (C=O) groups is 1. The molecule has 154 valence electrons. The number of amides is 1. The standard InChI is InChI=1S/C21H29ClN2O4/c1-20(2,3)17-10-14(6-7-24(17)19(25)26)18-16(22)9-13(11-23-18)8-15-12-27-21(4,5)28-15/h9-11,15,17H,6-8,12H2,1-5H3,(H,25,26). The second-order valence-corrected chi connectivity index (χ2v) is 9.46. The molecule has 2 unspecified atom stereocenters. The van der Waals surface area contributed by atoms with Crippen LogP contribution < -0.4 is 0 Å². The summed E-state index contributed by atoms with van der Waals surface area (Å²) in [4.78, 5) is 17.7. The van der Waals surface area contributed by atoms with Crippen LogP contribution in [0.2, 0.25) is 5.02 Å². The van der Waals surface area contributed by atoms with Crippen molar-refractivity contribution in [3.05, 3.63) is 34.6 Å². The Hall–Kier alpha value is -1.63. The monoisotopic (exact) mass is 408 g/mol. The van der Waals surface area contributed by atoms with E-state index in [-0.39, 0.29) is 17.6 Å². The number of ether oxygens (including phenoxy) is 2. The molecule has 1 amide bonds. The molecule has 0 bridgehead atoms. The maximum atomic E-state index is 11.6. The van der Waals surface area contributed by atoms with E-state index in [1.165, 1.54) is 4.90 Å². The van der Waals surface area contributed by atoms with E-state index < -0.39 is 11.9 Å². The van der Waals surface area contributed by atoms with Crippen LogP contribution in [-0.2, 0) is 15.9 Å². The lowest BCUT2D eigenvalue weighted by Gasteiger charge is -2.40. The van der Waals surface area contributed by atoms with Crippen LogP contribution in [0.4, 0.5) is 4.79 Å². The Morgan fingerprint density at radius 1 is 1.43 bits per heavy atom. The van der Waals surface area contributed by atoms with Gasteiger partial charge in [0.25, 0.3) is 0 Å². The third kappa shape index (κ3) is 4.67. The van der Waals surface area contributed by atoms with Gasteiger partial charge >= 0.3 is 6.09 Å². The fraction of sp³-hybridized carbons (Fsp3) is 0.619. The van der Waals surface area contributed by atoms with Crippen LogP contribution in [0.1, 0.15) is 52.3 Å². The molecule has 0 spiro atoms. The van der Waals surface area contributed by atoms with Crippen molar-refractivity contribution >= 4 is 23.3 Å². The highest BCUT2D eigenvalue weighted by molar-refractivity contribution is 6.32. The predicted octanol–water partition coefficient (Wildman–Crippen LogP) is 4.61. The number of halogens is 1. The summed E-state index contributed by atoms with van der Waals surface area (Å²) in [5.74, 6) is -0.549. The Labute approximate surface area is 171 Å². The number of hydrogen-bond acceptors (Lipinski definition) is 4. The minimum atomic E-state index is -0.897. The number of rotatable bonds is 3. The number of nitrogens with zero attached hydrogens (tertiary/aromatic N) is 2. The van der Waals surface area contributed by atoms with Gasteiger partial charge in [0.2, 0.25) is 0 Å². The van der Waals surface area contributed by atoms with Gasteiger partial charge in [0.15, 0.2) is 5.79 Å². The molecule has 1 aromatic rings. The van der Waals surface area contributed by atoms with Gasteiger partial charge in [0.1, 0.15) is 0 Å². The first-order valence-corrected chi connectivity index (χ1v) is 10.0. The van der Waals surface area contributed by atoms with Gasteiger partial charge in [-0.05, 0) is 42.9 Å². The SMILES string of the molecule is CC1(C)OCC(Cc2cnc(C3=CC(C(C)(C)C)N(C(=O)O)CC3)c(Cl)c2)O1. The van der Waals surface area contributed by atoms with Crippen molar-refractivity contribution in [2.24, 2.45) is 5.41 Å². The lowest BCUT2D eigenvalue weighted by atomic mass is 9.82. The molecule has 7 heteroatoms.